The molecule has 6 heteroatoms. The Balaban J connectivity index is 2.43. The summed E-state index contributed by atoms with van der Waals surface area (Å²) in [4.78, 5) is 4.05. The number of hydrogen-bond acceptors (Lipinski definition) is 4. The monoisotopic (exact) mass is 287 g/mol. The summed E-state index contributed by atoms with van der Waals surface area (Å²) in [6, 6.07) is 9.89. The van der Waals surface area contributed by atoms with Crippen LogP contribution in [0.25, 0.3) is 0 Å². The van der Waals surface area contributed by atoms with Gasteiger partial charge in [0.25, 0.3) is 10.0 Å². The SMILES string of the molecule is Cc1ccnc(NS(=O)(=O)c2cc(C#N)ccc2C)c1. The van der Waals surface area contributed by atoms with Gasteiger partial charge in [-0.25, -0.2) is 13.4 Å². The van der Waals surface area contributed by atoms with Crippen LogP contribution in [0.2, 0.25) is 0 Å². The number of nitriles is 1. The van der Waals surface area contributed by atoms with Crippen molar-refractivity contribution in [1.29, 1.82) is 5.26 Å². The highest BCUT2D eigenvalue weighted by atomic mass is 32.2. The Hall–Kier alpha value is -2.39. The summed E-state index contributed by atoms with van der Waals surface area (Å²) in [5, 5.41) is 8.87. The molecule has 0 bridgehead atoms. The molecule has 0 aliphatic heterocycles. The van der Waals surface area contributed by atoms with Gasteiger partial charge in [-0.2, -0.15) is 5.26 Å². The van der Waals surface area contributed by atoms with Gasteiger partial charge >= 0.3 is 0 Å². The standard InChI is InChI=1S/C14H13N3O2S/c1-10-5-6-16-14(7-10)17-20(18,19)13-8-12(9-15)4-3-11(13)2/h3-8H,1-2H3,(H,16,17). The van der Waals surface area contributed by atoms with Gasteiger partial charge in [0, 0.05) is 6.20 Å². The van der Waals surface area contributed by atoms with Gasteiger partial charge in [-0.3, -0.25) is 4.72 Å². The minimum atomic E-state index is -3.76. The van der Waals surface area contributed by atoms with Crippen LogP contribution in [-0.2, 0) is 10.0 Å². The molecule has 0 atom stereocenters. The molecule has 2 rings (SSSR count). The van der Waals surface area contributed by atoms with Gasteiger partial charge in [-0.05, 0) is 49.2 Å². The van der Waals surface area contributed by atoms with E-state index in [0.29, 0.717) is 11.1 Å². The van der Waals surface area contributed by atoms with E-state index in [-0.39, 0.29) is 10.7 Å². The number of rotatable bonds is 3. The average molecular weight is 287 g/mol. The summed E-state index contributed by atoms with van der Waals surface area (Å²) in [5.74, 6) is 0.256. The molecule has 0 aliphatic carbocycles. The van der Waals surface area contributed by atoms with E-state index in [1.54, 1.807) is 31.2 Å². The van der Waals surface area contributed by atoms with Crippen molar-refractivity contribution in [3.8, 4) is 6.07 Å². The zero-order valence-corrected chi connectivity index (χ0v) is 11.9. The Bertz CT molecular complexity index is 792. The molecule has 0 saturated carbocycles. The Morgan fingerprint density at radius 2 is 1.95 bits per heavy atom. The van der Waals surface area contributed by atoms with E-state index in [1.807, 2.05) is 13.0 Å². The van der Waals surface area contributed by atoms with Gasteiger partial charge in [0.15, 0.2) is 0 Å². The molecule has 0 radical (unpaired) electrons. The third kappa shape index (κ3) is 2.95. The highest BCUT2D eigenvalue weighted by molar-refractivity contribution is 7.92. The minimum absolute atomic E-state index is 0.0832. The molecular formula is C14H13N3O2S. The number of nitrogens with zero attached hydrogens (tertiary/aromatic N) is 2. The Labute approximate surface area is 118 Å². The minimum Gasteiger partial charge on any atom is -0.263 e. The number of aromatic nitrogens is 1. The first kappa shape index (κ1) is 14.0. The lowest BCUT2D eigenvalue weighted by molar-refractivity contribution is 0.600. The van der Waals surface area contributed by atoms with Crippen LogP contribution in [0.15, 0.2) is 41.4 Å². The Morgan fingerprint density at radius 3 is 2.60 bits per heavy atom. The van der Waals surface area contributed by atoms with E-state index < -0.39 is 10.0 Å². The maximum Gasteiger partial charge on any atom is 0.263 e. The van der Waals surface area contributed by atoms with Gasteiger partial charge in [0.05, 0.1) is 16.5 Å². The number of anilines is 1. The van der Waals surface area contributed by atoms with Crippen LogP contribution in [0.1, 0.15) is 16.7 Å². The number of benzene rings is 1. The molecule has 0 aliphatic rings. The summed E-state index contributed by atoms with van der Waals surface area (Å²) in [6.07, 6.45) is 1.53. The molecule has 2 aromatic rings. The van der Waals surface area contributed by atoms with Crippen LogP contribution in [0.5, 0.6) is 0 Å². The van der Waals surface area contributed by atoms with Crippen molar-refractivity contribution in [1.82, 2.24) is 4.98 Å². The number of aryl methyl sites for hydroxylation is 2. The molecule has 0 amide bonds. The topological polar surface area (TPSA) is 82.8 Å². The molecule has 0 unspecified atom stereocenters. The van der Waals surface area contributed by atoms with E-state index in [9.17, 15) is 8.42 Å². The normalized spacial score (nSPS) is 10.8. The van der Waals surface area contributed by atoms with Crippen molar-refractivity contribution >= 4 is 15.8 Å². The lowest BCUT2D eigenvalue weighted by atomic mass is 10.2. The molecule has 1 aromatic carbocycles. The first-order valence-corrected chi connectivity index (χ1v) is 7.37. The van der Waals surface area contributed by atoms with Crippen LogP contribution in [0.3, 0.4) is 0 Å². The summed E-state index contributed by atoms with van der Waals surface area (Å²) >= 11 is 0. The molecule has 20 heavy (non-hydrogen) atoms. The molecule has 1 heterocycles. The van der Waals surface area contributed by atoms with E-state index in [1.165, 1.54) is 12.3 Å². The summed E-state index contributed by atoms with van der Waals surface area (Å²) in [6.45, 7) is 3.53. The maximum absolute atomic E-state index is 12.3. The molecule has 5 nitrogen and oxygen atoms in total. The quantitative estimate of drug-likeness (QED) is 0.939. The lowest BCUT2D eigenvalue weighted by Gasteiger charge is -2.10. The van der Waals surface area contributed by atoms with Crippen LogP contribution in [-0.4, -0.2) is 13.4 Å². The molecule has 102 valence electrons. The van der Waals surface area contributed by atoms with Crippen molar-refractivity contribution in [3.63, 3.8) is 0 Å². The second-order valence-electron chi connectivity index (χ2n) is 4.42. The zero-order valence-electron chi connectivity index (χ0n) is 11.1. The second-order valence-corrected chi connectivity index (χ2v) is 6.07. The molecule has 0 saturated heterocycles. The second kappa shape index (κ2) is 5.31. The highest BCUT2D eigenvalue weighted by Gasteiger charge is 2.18. The number of pyridine rings is 1. The van der Waals surface area contributed by atoms with Crippen molar-refractivity contribution in [2.24, 2.45) is 0 Å². The number of sulfonamides is 1. The van der Waals surface area contributed by atoms with Gasteiger partial charge in [-0.15, -0.1) is 0 Å². The van der Waals surface area contributed by atoms with E-state index in [2.05, 4.69) is 9.71 Å². The van der Waals surface area contributed by atoms with Crippen molar-refractivity contribution in [2.75, 3.05) is 4.72 Å². The first-order valence-electron chi connectivity index (χ1n) is 5.88. The molecule has 0 spiro atoms. The largest absolute Gasteiger partial charge is 0.263 e. The van der Waals surface area contributed by atoms with Crippen molar-refractivity contribution < 1.29 is 8.42 Å². The third-order valence-corrected chi connectivity index (χ3v) is 4.26. The summed E-state index contributed by atoms with van der Waals surface area (Å²) in [7, 11) is -3.76. The molecule has 1 N–H and O–H groups in total. The van der Waals surface area contributed by atoms with Gasteiger partial charge in [-0.1, -0.05) is 6.07 Å². The lowest BCUT2D eigenvalue weighted by Crippen LogP contribution is -2.15. The van der Waals surface area contributed by atoms with Crippen molar-refractivity contribution in [3.05, 3.63) is 53.2 Å². The first-order chi connectivity index (χ1) is 9.42. The Kier molecular flexibility index (Phi) is 3.72. The molecule has 0 fully saturated rings. The van der Waals surface area contributed by atoms with E-state index in [4.69, 9.17) is 5.26 Å². The zero-order chi connectivity index (χ0) is 14.8. The average Bonchev–Trinajstić information content (AvgIpc) is 2.38. The predicted octanol–water partition coefficient (Wildman–Crippen LogP) is 2.37. The van der Waals surface area contributed by atoms with E-state index >= 15 is 0 Å². The third-order valence-electron chi connectivity index (χ3n) is 2.76. The van der Waals surface area contributed by atoms with E-state index in [0.717, 1.165) is 5.56 Å². The Morgan fingerprint density at radius 1 is 1.20 bits per heavy atom. The van der Waals surface area contributed by atoms with Crippen LogP contribution < -0.4 is 4.72 Å². The maximum atomic E-state index is 12.3. The van der Waals surface area contributed by atoms with Crippen molar-refractivity contribution in [2.45, 2.75) is 18.7 Å². The molecule has 1 aromatic heterocycles. The fourth-order valence-corrected chi connectivity index (χ4v) is 3.01. The van der Waals surface area contributed by atoms with Crippen LogP contribution in [0.4, 0.5) is 5.82 Å². The van der Waals surface area contributed by atoms with Crippen LogP contribution >= 0.6 is 0 Å². The summed E-state index contributed by atoms with van der Waals surface area (Å²) < 4.78 is 27.1. The van der Waals surface area contributed by atoms with Gasteiger partial charge in [0.1, 0.15) is 5.82 Å². The van der Waals surface area contributed by atoms with Crippen LogP contribution in [0, 0.1) is 25.2 Å². The predicted molar refractivity (Wildman–Crippen MR) is 75.7 cm³/mol. The van der Waals surface area contributed by atoms with Gasteiger partial charge in [0.2, 0.25) is 0 Å². The highest BCUT2D eigenvalue weighted by Crippen LogP contribution is 2.20. The van der Waals surface area contributed by atoms with Gasteiger partial charge < -0.3 is 0 Å². The number of hydrogen-bond donors (Lipinski definition) is 1. The number of nitrogens with one attached hydrogen (secondary N) is 1. The fourth-order valence-electron chi connectivity index (χ4n) is 1.74. The summed E-state index contributed by atoms with van der Waals surface area (Å²) in [5.41, 5.74) is 1.78. The smallest absolute Gasteiger partial charge is 0.263 e. The molecular weight excluding hydrogens is 274 g/mol. The fraction of sp³-hybridized carbons (Fsp3) is 0.143.